The molecular formula is C18H19FN6O2. The van der Waals surface area contributed by atoms with Crippen LogP contribution in [0.25, 0.3) is 11.3 Å². The SMILES string of the molecule is COCc1cn([C@H]2CCN(C(=O)c3cc(-c4ccc(F)cc4)n[nH]3)C2)nn1. The van der Waals surface area contributed by atoms with Gasteiger partial charge < -0.3 is 9.64 Å². The summed E-state index contributed by atoms with van der Waals surface area (Å²) in [6.07, 6.45) is 2.66. The van der Waals surface area contributed by atoms with Gasteiger partial charge in [0.15, 0.2) is 0 Å². The molecule has 2 aromatic heterocycles. The molecule has 140 valence electrons. The molecule has 9 heteroatoms. The number of carbonyl (C=O) groups excluding carboxylic acids is 1. The zero-order chi connectivity index (χ0) is 18.8. The molecule has 1 aliphatic rings. The quantitative estimate of drug-likeness (QED) is 0.742. The maximum absolute atomic E-state index is 13.1. The van der Waals surface area contributed by atoms with Crippen LogP contribution in [0.15, 0.2) is 36.5 Å². The molecule has 1 saturated heterocycles. The number of methoxy groups -OCH3 is 1. The third kappa shape index (κ3) is 3.59. The molecule has 0 spiro atoms. The van der Waals surface area contributed by atoms with Gasteiger partial charge in [-0.1, -0.05) is 5.21 Å². The molecule has 0 aliphatic carbocycles. The summed E-state index contributed by atoms with van der Waals surface area (Å²) >= 11 is 0. The second-order valence-electron chi connectivity index (χ2n) is 6.49. The Kier molecular flexibility index (Phi) is 4.68. The highest BCUT2D eigenvalue weighted by Crippen LogP contribution is 2.24. The molecule has 1 aliphatic heterocycles. The first kappa shape index (κ1) is 17.3. The van der Waals surface area contributed by atoms with Gasteiger partial charge >= 0.3 is 0 Å². The van der Waals surface area contributed by atoms with Crippen LogP contribution in [0.3, 0.4) is 0 Å². The van der Waals surface area contributed by atoms with Gasteiger partial charge in [-0.3, -0.25) is 9.89 Å². The van der Waals surface area contributed by atoms with Crippen LogP contribution in [0, 0.1) is 5.82 Å². The number of rotatable bonds is 5. The smallest absolute Gasteiger partial charge is 0.271 e. The van der Waals surface area contributed by atoms with Crippen LogP contribution in [0.5, 0.6) is 0 Å². The number of H-pyrrole nitrogens is 1. The van der Waals surface area contributed by atoms with E-state index in [4.69, 9.17) is 4.74 Å². The summed E-state index contributed by atoms with van der Waals surface area (Å²) in [5.74, 6) is -0.425. The van der Waals surface area contributed by atoms with Gasteiger partial charge in [0, 0.05) is 25.8 Å². The van der Waals surface area contributed by atoms with Crippen LogP contribution in [-0.2, 0) is 11.3 Å². The van der Waals surface area contributed by atoms with Crippen molar-refractivity contribution in [1.29, 1.82) is 0 Å². The number of aromatic nitrogens is 5. The van der Waals surface area contributed by atoms with E-state index in [1.807, 2.05) is 6.20 Å². The maximum Gasteiger partial charge on any atom is 0.271 e. The van der Waals surface area contributed by atoms with Crippen LogP contribution in [0.4, 0.5) is 4.39 Å². The Morgan fingerprint density at radius 3 is 2.96 bits per heavy atom. The lowest BCUT2D eigenvalue weighted by Gasteiger charge is -2.15. The molecule has 1 atom stereocenters. The van der Waals surface area contributed by atoms with E-state index in [2.05, 4.69) is 20.5 Å². The van der Waals surface area contributed by atoms with Crippen LogP contribution in [0.2, 0.25) is 0 Å². The van der Waals surface area contributed by atoms with Crippen molar-refractivity contribution in [2.45, 2.75) is 19.1 Å². The third-order valence-electron chi connectivity index (χ3n) is 4.62. The van der Waals surface area contributed by atoms with E-state index in [0.29, 0.717) is 31.1 Å². The van der Waals surface area contributed by atoms with Crippen molar-refractivity contribution < 1.29 is 13.9 Å². The minimum absolute atomic E-state index is 0.0894. The number of likely N-dealkylation sites (tertiary alicyclic amines) is 1. The standard InChI is InChI=1S/C18H19FN6O2/c1-27-11-14-9-25(23-20-14)15-6-7-24(10-15)18(26)17-8-16(21-22-17)12-2-4-13(19)5-3-12/h2-5,8-9,15H,6-7,10-11H2,1H3,(H,21,22)/t15-/m0/s1. The fourth-order valence-electron chi connectivity index (χ4n) is 3.22. The maximum atomic E-state index is 13.1. The van der Waals surface area contributed by atoms with Crippen molar-refractivity contribution >= 4 is 5.91 Å². The van der Waals surface area contributed by atoms with E-state index in [1.54, 1.807) is 34.9 Å². The fourth-order valence-corrected chi connectivity index (χ4v) is 3.22. The first-order valence-electron chi connectivity index (χ1n) is 8.64. The minimum Gasteiger partial charge on any atom is -0.378 e. The topological polar surface area (TPSA) is 88.9 Å². The Bertz CT molecular complexity index is 935. The van der Waals surface area contributed by atoms with Gasteiger partial charge in [-0.2, -0.15) is 5.10 Å². The average Bonchev–Trinajstić information content (AvgIpc) is 3.42. The Labute approximate surface area is 154 Å². The summed E-state index contributed by atoms with van der Waals surface area (Å²) in [6.45, 7) is 1.60. The molecule has 3 aromatic rings. The summed E-state index contributed by atoms with van der Waals surface area (Å²) in [4.78, 5) is 14.5. The predicted molar refractivity (Wildman–Crippen MR) is 94.3 cm³/mol. The zero-order valence-corrected chi connectivity index (χ0v) is 14.8. The summed E-state index contributed by atoms with van der Waals surface area (Å²) in [5.41, 5.74) is 2.53. The van der Waals surface area contributed by atoms with Crippen molar-refractivity contribution in [3.05, 3.63) is 53.7 Å². The van der Waals surface area contributed by atoms with Gasteiger partial charge in [0.1, 0.15) is 17.2 Å². The van der Waals surface area contributed by atoms with Gasteiger partial charge in [-0.25, -0.2) is 9.07 Å². The van der Waals surface area contributed by atoms with E-state index in [0.717, 1.165) is 17.7 Å². The van der Waals surface area contributed by atoms with Crippen molar-refractivity contribution in [2.75, 3.05) is 20.2 Å². The first-order valence-corrected chi connectivity index (χ1v) is 8.64. The first-order chi connectivity index (χ1) is 13.1. The fraction of sp³-hybridized carbons (Fsp3) is 0.333. The number of amides is 1. The van der Waals surface area contributed by atoms with Crippen molar-refractivity contribution in [2.24, 2.45) is 0 Å². The molecule has 1 N–H and O–H groups in total. The van der Waals surface area contributed by atoms with E-state index in [1.165, 1.54) is 12.1 Å². The highest BCUT2D eigenvalue weighted by molar-refractivity contribution is 5.93. The molecule has 8 nitrogen and oxygen atoms in total. The molecule has 27 heavy (non-hydrogen) atoms. The summed E-state index contributed by atoms with van der Waals surface area (Å²) in [5, 5.41) is 15.2. The zero-order valence-electron chi connectivity index (χ0n) is 14.8. The number of carbonyl (C=O) groups is 1. The summed E-state index contributed by atoms with van der Waals surface area (Å²) in [7, 11) is 1.61. The highest BCUT2D eigenvalue weighted by atomic mass is 19.1. The highest BCUT2D eigenvalue weighted by Gasteiger charge is 2.29. The lowest BCUT2D eigenvalue weighted by Crippen LogP contribution is -2.29. The number of aromatic amines is 1. The normalized spacial score (nSPS) is 16.8. The molecule has 4 rings (SSSR count). The molecule has 1 amide bonds. The Balaban J connectivity index is 1.43. The Morgan fingerprint density at radius 2 is 2.19 bits per heavy atom. The summed E-state index contributed by atoms with van der Waals surface area (Å²) in [6, 6.07) is 7.78. The molecule has 3 heterocycles. The van der Waals surface area contributed by atoms with Crippen LogP contribution < -0.4 is 0 Å². The second kappa shape index (κ2) is 7.28. The lowest BCUT2D eigenvalue weighted by molar-refractivity contribution is 0.0781. The largest absolute Gasteiger partial charge is 0.378 e. The Hall–Kier alpha value is -3.07. The lowest BCUT2D eigenvalue weighted by atomic mass is 10.1. The van der Waals surface area contributed by atoms with E-state index in [9.17, 15) is 9.18 Å². The molecule has 1 aromatic carbocycles. The van der Waals surface area contributed by atoms with E-state index >= 15 is 0 Å². The van der Waals surface area contributed by atoms with Gasteiger partial charge in [0.05, 0.1) is 24.5 Å². The molecule has 0 saturated carbocycles. The molecular weight excluding hydrogens is 351 g/mol. The van der Waals surface area contributed by atoms with Crippen LogP contribution in [-0.4, -0.2) is 56.2 Å². The average molecular weight is 370 g/mol. The van der Waals surface area contributed by atoms with Crippen LogP contribution in [0.1, 0.15) is 28.6 Å². The number of nitrogens with zero attached hydrogens (tertiary/aromatic N) is 5. The number of hydrogen-bond acceptors (Lipinski definition) is 5. The number of ether oxygens (including phenoxy) is 1. The number of halogens is 1. The second-order valence-corrected chi connectivity index (χ2v) is 6.49. The minimum atomic E-state index is -0.310. The van der Waals surface area contributed by atoms with Crippen LogP contribution >= 0.6 is 0 Å². The van der Waals surface area contributed by atoms with Crippen molar-refractivity contribution in [1.82, 2.24) is 30.1 Å². The van der Waals surface area contributed by atoms with Crippen molar-refractivity contribution in [3.8, 4) is 11.3 Å². The van der Waals surface area contributed by atoms with Gasteiger partial charge in [0.25, 0.3) is 5.91 Å². The molecule has 0 bridgehead atoms. The van der Waals surface area contributed by atoms with Crippen molar-refractivity contribution in [3.63, 3.8) is 0 Å². The van der Waals surface area contributed by atoms with Gasteiger partial charge in [-0.15, -0.1) is 5.10 Å². The molecule has 0 unspecified atom stereocenters. The number of benzene rings is 1. The van der Waals surface area contributed by atoms with E-state index < -0.39 is 0 Å². The van der Waals surface area contributed by atoms with Gasteiger partial charge in [0.2, 0.25) is 0 Å². The Morgan fingerprint density at radius 1 is 1.37 bits per heavy atom. The third-order valence-corrected chi connectivity index (χ3v) is 4.62. The molecule has 1 fully saturated rings. The number of nitrogens with one attached hydrogen (secondary N) is 1. The molecule has 0 radical (unpaired) electrons. The monoisotopic (exact) mass is 370 g/mol. The predicted octanol–water partition coefficient (Wildman–Crippen LogP) is 2.04. The summed E-state index contributed by atoms with van der Waals surface area (Å²) < 4.78 is 19.9. The van der Waals surface area contributed by atoms with E-state index in [-0.39, 0.29) is 17.8 Å². The number of hydrogen-bond donors (Lipinski definition) is 1. The van der Waals surface area contributed by atoms with Gasteiger partial charge in [-0.05, 0) is 36.8 Å².